The zero-order valence-corrected chi connectivity index (χ0v) is 33.6. The Bertz CT molecular complexity index is 1080. The van der Waals surface area contributed by atoms with Gasteiger partial charge in [-0.05, 0) is 182 Å². The van der Waals surface area contributed by atoms with Gasteiger partial charge >= 0.3 is 0 Å². The summed E-state index contributed by atoms with van der Waals surface area (Å²) in [6.45, 7) is 21.0. The van der Waals surface area contributed by atoms with Crippen LogP contribution in [0.25, 0.3) is 0 Å². The summed E-state index contributed by atoms with van der Waals surface area (Å²) in [5.41, 5.74) is 1.73. The molecular formula is C48H82. The van der Waals surface area contributed by atoms with Crippen molar-refractivity contribution in [3.8, 4) is 0 Å². The van der Waals surface area contributed by atoms with Gasteiger partial charge in [-0.15, -0.1) is 0 Å². The van der Waals surface area contributed by atoms with Crippen LogP contribution in [0, 0.1) is 111 Å². The molecule has 0 N–H and O–H groups in total. The molecule has 0 saturated heterocycles. The van der Waals surface area contributed by atoms with E-state index in [-0.39, 0.29) is 0 Å². The van der Waals surface area contributed by atoms with Crippen molar-refractivity contribution < 1.29 is 0 Å². The molecule has 0 heterocycles. The van der Waals surface area contributed by atoms with Crippen LogP contribution in [-0.4, -0.2) is 0 Å². The Balaban J connectivity index is 1.20. The number of rotatable bonds is 7. The molecule has 15 atom stereocenters. The Labute approximate surface area is 300 Å². The minimum Gasteiger partial charge on any atom is -0.0649 e. The molecule has 0 heteroatoms. The topological polar surface area (TPSA) is 0 Å². The van der Waals surface area contributed by atoms with Crippen molar-refractivity contribution >= 4 is 0 Å². The second-order valence-electron chi connectivity index (χ2n) is 21.9. The molecule has 0 aliphatic heterocycles. The van der Waals surface area contributed by atoms with Crippen molar-refractivity contribution in [1.82, 2.24) is 0 Å². The van der Waals surface area contributed by atoms with Crippen molar-refractivity contribution in [3.05, 3.63) is 0 Å². The number of hydrogen-bond donors (Lipinski definition) is 0. The van der Waals surface area contributed by atoms with E-state index >= 15 is 0 Å². The first-order valence-electron chi connectivity index (χ1n) is 23.1. The third kappa shape index (κ3) is 5.27. The lowest BCUT2D eigenvalue weighted by atomic mass is 9.46. The van der Waals surface area contributed by atoms with Crippen molar-refractivity contribution in [2.45, 2.75) is 190 Å². The Kier molecular flexibility index (Phi) is 9.60. The molecule has 0 radical (unpaired) electrons. The number of fused-ring (bicyclic) bond motifs is 12. The highest BCUT2D eigenvalue weighted by Gasteiger charge is 2.69. The van der Waals surface area contributed by atoms with E-state index < -0.39 is 0 Å². The maximum atomic E-state index is 2.76. The lowest BCUT2D eigenvalue weighted by molar-refractivity contribution is -0.0931. The second kappa shape index (κ2) is 13.1. The van der Waals surface area contributed by atoms with Crippen LogP contribution in [0.5, 0.6) is 0 Å². The van der Waals surface area contributed by atoms with E-state index in [1.807, 2.05) is 0 Å². The Morgan fingerprint density at radius 1 is 0.500 bits per heavy atom. The standard InChI is InChI=1S/C48H82/c1-9-46(7,10-2)33-25-34(47(8,11-3)12-4)29-48(28-33)43-22-21-37-39-26-38(30(5)6)35-19-15-16-20-36(35)40(39)27-41(37)45(43)42-23-31-17-13-14-18-32(31)24-44(42)48/h30-45H,9-29H2,1-8H3. The third-order valence-electron chi connectivity index (χ3n) is 21.0. The molecule has 274 valence electrons. The van der Waals surface area contributed by atoms with Crippen LogP contribution in [0.2, 0.25) is 0 Å². The van der Waals surface area contributed by atoms with Crippen molar-refractivity contribution in [3.63, 3.8) is 0 Å². The molecular weight excluding hydrogens is 577 g/mol. The van der Waals surface area contributed by atoms with E-state index in [1.165, 1.54) is 25.7 Å². The normalized spacial score (nSPS) is 50.3. The van der Waals surface area contributed by atoms with Crippen LogP contribution in [0.1, 0.15) is 190 Å². The monoisotopic (exact) mass is 659 g/mol. The van der Waals surface area contributed by atoms with E-state index in [2.05, 4.69) is 55.4 Å². The van der Waals surface area contributed by atoms with Crippen molar-refractivity contribution in [2.24, 2.45) is 111 Å². The highest BCUT2D eigenvalue weighted by atomic mass is 14.7. The summed E-state index contributed by atoms with van der Waals surface area (Å²) in [6, 6.07) is 0. The number of hydrogen-bond acceptors (Lipinski definition) is 0. The highest BCUT2D eigenvalue weighted by Crippen LogP contribution is 2.76. The van der Waals surface area contributed by atoms with Gasteiger partial charge in [0.1, 0.15) is 0 Å². The Morgan fingerprint density at radius 3 is 1.65 bits per heavy atom. The van der Waals surface area contributed by atoms with Gasteiger partial charge < -0.3 is 0 Å². The minimum atomic E-state index is 0.533. The summed E-state index contributed by atoms with van der Waals surface area (Å²) >= 11 is 0. The fourth-order valence-corrected chi connectivity index (χ4v) is 17.8. The fourth-order valence-electron chi connectivity index (χ4n) is 17.8. The zero-order chi connectivity index (χ0) is 33.6. The molecule has 8 aliphatic carbocycles. The smallest absolute Gasteiger partial charge is 0.0230 e. The zero-order valence-electron chi connectivity index (χ0n) is 33.6. The largest absolute Gasteiger partial charge is 0.0649 e. The first-order chi connectivity index (χ1) is 23.1. The van der Waals surface area contributed by atoms with Crippen molar-refractivity contribution in [2.75, 3.05) is 0 Å². The molecule has 0 amide bonds. The first kappa shape index (κ1) is 35.1. The van der Waals surface area contributed by atoms with E-state index in [1.54, 1.807) is 109 Å². The molecule has 8 saturated carbocycles. The van der Waals surface area contributed by atoms with Gasteiger partial charge in [-0.3, -0.25) is 0 Å². The molecule has 0 bridgehead atoms. The maximum absolute atomic E-state index is 2.76. The molecule has 8 fully saturated rings. The van der Waals surface area contributed by atoms with Gasteiger partial charge in [-0.2, -0.15) is 0 Å². The summed E-state index contributed by atoms with van der Waals surface area (Å²) in [6.07, 6.45) is 32.9. The highest BCUT2D eigenvalue weighted by molar-refractivity contribution is 5.18. The van der Waals surface area contributed by atoms with Crippen LogP contribution in [0.3, 0.4) is 0 Å². The quantitative estimate of drug-likeness (QED) is 0.255. The van der Waals surface area contributed by atoms with Gasteiger partial charge in [0, 0.05) is 0 Å². The van der Waals surface area contributed by atoms with Crippen LogP contribution >= 0.6 is 0 Å². The average molecular weight is 659 g/mol. The second-order valence-corrected chi connectivity index (χ2v) is 21.9. The lowest BCUT2D eigenvalue weighted by Gasteiger charge is -2.59. The molecule has 1 spiro atoms. The first-order valence-corrected chi connectivity index (χ1v) is 23.1. The summed E-state index contributed by atoms with van der Waals surface area (Å²) < 4.78 is 0. The Morgan fingerprint density at radius 2 is 1.04 bits per heavy atom. The van der Waals surface area contributed by atoms with Crippen LogP contribution < -0.4 is 0 Å². The van der Waals surface area contributed by atoms with E-state index in [4.69, 9.17) is 0 Å². The van der Waals surface area contributed by atoms with E-state index in [0.717, 1.165) is 94.7 Å². The van der Waals surface area contributed by atoms with Gasteiger partial charge in [0.05, 0.1) is 0 Å². The van der Waals surface area contributed by atoms with Gasteiger partial charge in [0.25, 0.3) is 0 Å². The van der Waals surface area contributed by atoms with Crippen molar-refractivity contribution in [1.29, 1.82) is 0 Å². The fraction of sp³-hybridized carbons (Fsp3) is 1.00. The lowest BCUT2D eigenvalue weighted by Crippen LogP contribution is -2.50. The minimum absolute atomic E-state index is 0.533. The Hall–Kier alpha value is 0. The molecule has 0 aromatic carbocycles. The van der Waals surface area contributed by atoms with Crippen LogP contribution in [-0.2, 0) is 0 Å². The summed E-state index contributed by atoms with van der Waals surface area (Å²) in [4.78, 5) is 0. The average Bonchev–Trinajstić information content (AvgIpc) is 3.62. The van der Waals surface area contributed by atoms with Gasteiger partial charge in [0.15, 0.2) is 0 Å². The van der Waals surface area contributed by atoms with Crippen LogP contribution in [0.4, 0.5) is 0 Å². The van der Waals surface area contributed by atoms with E-state index in [0.29, 0.717) is 16.2 Å². The molecule has 8 rings (SSSR count). The molecule has 0 aromatic heterocycles. The predicted molar refractivity (Wildman–Crippen MR) is 205 cm³/mol. The molecule has 48 heavy (non-hydrogen) atoms. The SMILES string of the molecule is CCC(C)(CC)C1CC(C(C)(CC)CC)CC2(C1)C1CC3CCCCC3CC1C1C3CC4C5CCCCC5C(C(C)C)CC4C3CCC12. The molecule has 8 aliphatic rings. The molecule has 0 aromatic rings. The van der Waals surface area contributed by atoms with Gasteiger partial charge in [-0.1, -0.05) is 120 Å². The van der Waals surface area contributed by atoms with Gasteiger partial charge in [0.2, 0.25) is 0 Å². The molecule has 0 nitrogen and oxygen atoms in total. The summed E-state index contributed by atoms with van der Waals surface area (Å²) in [7, 11) is 0. The maximum Gasteiger partial charge on any atom is -0.0230 e. The molecule has 15 unspecified atom stereocenters. The van der Waals surface area contributed by atoms with Gasteiger partial charge in [-0.25, -0.2) is 0 Å². The predicted octanol–water partition coefficient (Wildman–Crippen LogP) is 14.3. The third-order valence-corrected chi connectivity index (χ3v) is 21.0. The van der Waals surface area contributed by atoms with E-state index in [9.17, 15) is 0 Å². The van der Waals surface area contributed by atoms with Crippen LogP contribution in [0.15, 0.2) is 0 Å². The summed E-state index contributed by atoms with van der Waals surface area (Å²) in [5.74, 6) is 16.9. The summed E-state index contributed by atoms with van der Waals surface area (Å²) in [5, 5.41) is 0.